The number of aryl methyl sites for hydroxylation is 1. The summed E-state index contributed by atoms with van der Waals surface area (Å²) in [5, 5.41) is 1.10. The highest BCUT2D eigenvalue weighted by molar-refractivity contribution is 7.92. The Balaban J connectivity index is 2.25. The van der Waals surface area contributed by atoms with Crippen molar-refractivity contribution < 1.29 is 4.21 Å². The van der Waals surface area contributed by atoms with Gasteiger partial charge in [0.15, 0.2) is 11.5 Å². The molecular formula is C16H18ClN5OS. The molecule has 24 heavy (non-hydrogen) atoms. The second kappa shape index (κ2) is 6.49. The average Bonchev–Trinajstić information content (AvgIpc) is 2.83. The van der Waals surface area contributed by atoms with E-state index in [-0.39, 0.29) is 5.28 Å². The fourth-order valence-corrected chi connectivity index (χ4v) is 3.21. The molecule has 0 atom stereocenters. The summed E-state index contributed by atoms with van der Waals surface area (Å²) in [6.07, 6.45) is 6.73. The number of halogens is 1. The molecule has 0 fully saturated rings. The normalized spacial score (nSPS) is 11.8. The van der Waals surface area contributed by atoms with E-state index in [1.165, 1.54) is 0 Å². The monoisotopic (exact) mass is 363 g/mol. The van der Waals surface area contributed by atoms with E-state index >= 15 is 0 Å². The van der Waals surface area contributed by atoms with E-state index in [0.29, 0.717) is 17.3 Å². The third-order valence-electron chi connectivity index (χ3n) is 3.36. The van der Waals surface area contributed by atoms with Crippen molar-refractivity contribution in [1.29, 1.82) is 0 Å². The van der Waals surface area contributed by atoms with Crippen LogP contribution >= 0.6 is 11.6 Å². The van der Waals surface area contributed by atoms with Gasteiger partial charge in [0.25, 0.3) is 0 Å². The first kappa shape index (κ1) is 16.9. The van der Waals surface area contributed by atoms with E-state index in [9.17, 15) is 4.21 Å². The lowest BCUT2D eigenvalue weighted by Crippen LogP contribution is -2.03. The van der Waals surface area contributed by atoms with E-state index in [0.717, 1.165) is 23.9 Å². The Hall–Kier alpha value is -1.99. The molecule has 0 saturated heterocycles. The Morgan fingerprint density at radius 3 is 2.79 bits per heavy atom. The van der Waals surface area contributed by atoms with E-state index < -0.39 is 9.73 Å². The maximum Gasteiger partial charge on any atom is 0.224 e. The third-order valence-corrected chi connectivity index (χ3v) is 4.16. The molecule has 8 heteroatoms. The molecule has 0 radical (unpaired) electrons. The number of aromatic nitrogens is 4. The molecule has 0 amide bonds. The molecule has 0 N–H and O–H groups in total. The smallest absolute Gasteiger partial charge is 0.224 e. The number of nitrogens with zero attached hydrogens (tertiary/aromatic N) is 5. The molecule has 0 aromatic carbocycles. The molecule has 0 aliphatic rings. The third kappa shape index (κ3) is 3.57. The summed E-state index contributed by atoms with van der Waals surface area (Å²) in [6.45, 7) is 2.11. The van der Waals surface area contributed by atoms with Gasteiger partial charge in [-0.1, -0.05) is 19.4 Å². The molecular weight excluding hydrogens is 346 g/mol. The molecule has 0 unspecified atom stereocenters. The molecule has 0 saturated carbocycles. The quantitative estimate of drug-likeness (QED) is 0.661. The maximum atomic E-state index is 11.9. The van der Waals surface area contributed by atoms with Crippen molar-refractivity contribution in [2.24, 2.45) is 4.36 Å². The number of hydrogen-bond acceptors (Lipinski definition) is 5. The summed E-state index contributed by atoms with van der Waals surface area (Å²) >= 11 is 5.97. The Morgan fingerprint density at radius 1 is 1.29 bits per heavy atom. The SMILES string of the molecule is CCCc1cc2cnc(Cl)nc2n1-c1cccc(N=S(C)(C)=O)n1. The van der Waals surface area contributed by atoms with Crippen LogP contribution in [-0.4, -0.2) is 36.2 Å². The van der Waals surface area contributed by atoms with Crippen LogP contribution in [0.15, 0.2) is 34.8 Å². The highest BCUT2D eigenvalue weighted by Crippen LogP contribution is 2.25. The number of fused-ring (bicyclic) bond motifs is 1. The fraction of sp³-hybridized carbons (Fsp3) is 0.312. The van der Waals surface area contributed by atoms with E-state index in [1.807, 2.05) is 22.8 Å². The molecule has 0 bridgehead atoms. The molecule has 3 heterocycles. The molecule has 3 rings (SSSR count). The second-order valence-corrected chi connectivity index (χ2v) is 8.65. The van der Waals surface area contributed by atoms with Crippen molar-refractivity contribution in [3.8, 4) is 5.82 Å². The van der Waals surface area contributed by atoms with E-state index in [4.69, 9.17) is 11.6 Å². The summed E-state index contributed by atoms with van der Waals surface area (Å²) in [5.74, 6) is 1.11. The molecule has 126 valence electrons. The minimum atomic E-state index is -2.28. The molecule has 0 aliphatic heterocycles. The zero-order valence-corrected chi connectivity index (χ0v) is 15.3. The summed E-state index contributed by atoms with van der Waals surface area (Å²) in [4.78, 5) is 12.9. The van der Waals surface area contributed by atoms with Gasteiger partial charge in [0, 0.05) is 39.5 Å². The lowest BCUT2D eigenvalue weighted by atomic mass is 10.2. The van der Waals surface area contributed by atoms with E-state index in [2.05, 4.69) is 26.2 Å². The van der Waals surface area contributed by atoms with Crippen LogP contribution < -0.4 is 0 Å². The Bertz CT molecular complexity index is 1010. The number of rotatable bonds is 4. The minimum absolute atomic E-state index is 0.191. The highest BCUT2D eigenvalue weighted by atomic mass is 35.5. The van der Waals surface area contributed by atoms with Gasteiger partial charge in [0.1, 0.15) is 5.82 Å². The van der Waals surface area contributed by atoms with Crippen molar-refractivity contribution in [2.45, 2.75) is 19.8 Å². The Morgan fingerprint density at radius 2 is 2.08 bits per heavy atom. The lowest BCUT2D eigenvalue weighted by molar-refractivity contribution is 0.684. The van der Waals surface area contributed by atoms with Gasteiger partial charge in [-0.15, -0.1) is 0 Å². The van der Waals surface area contributed by atoms with Crippen LogP contribution in [0.3, 0.4) is 0 Å². The van der Waals surface area contributed by atoms with Gasteiger partial charge < -0.3 is 0 Å². The standard InChI is InChI=1S/C16H18ClN5OS/c1-4-6-12-9-11-10-18-16(17)20-15(11)22(12)14-8-5-7-13(19-14)21-24(2,3)23/h5,7-10H,4,6H2,1-3H3. The Kier molecular flexibility index (Phi) is 4.56. The first-order chi connectivity index (χ1) is 11.4. The van der Waals surface area contributed by atoms with Gasteiger partial charge in [-0.05, 0) is 36.2 Å². The van der Waals surface area contributed by atoms with Gasteiger partial charge in [-0.25, -0.2) is 14.2 Å². The first-order valence-corrected chi connectivity index (χ1v) is 10.3. The van der Waals surface area contributed by atoms with Crippen molar-refractivity contribution >= 4 is 38.2 Å². The predicted molar refractivity (Wildman–Crippen MR) is 97.7 cm³/mol. The summed E-state index contributed by atoms with van der Waals surface area (Å²) in [5.41, 5.74) is 1.78. The molecule has 0 aliphatic carbocycles. The molecule has 6 nitrogen and oxygen atoms in total. The van der Waals surface area contributed by atoms with Gasteiger partial charge in [-0.3, -0.25) is 4.57 Å². The van der Waals surface area contributed by atoms with Gasteiger partial charge in [-0.2, -0.15) is 9.35 Å². The van der Waals surface area contributed by atoms with Crippen LogP contribution in [0.25, 0.3) is 16.9 Å². The van der Waals surface area contributed by atoms with E-state index in [1.54, 1.807) is 24.8 Å². The van der Waals surface area contributed by atoms with Crippen molar-refractivity contribution in [1.82, 2.24) is 19.5 Å². The minimum Gasteiger partial charge on any atom is -0.282 e. The largest absolute Gasteiger partial charge is 0.282 e. The van der Waals surface area contributed by atoms with Gasteiger partial charge in [0.2, 0.25) is 5.28 Å². The summed E-state index contributed by atoms with van der Waals surface area (Å²) < 4.78 is 18.1. The molecule has 0 spiro atoms. The Labute approximate surface area is 146 Å². The van der Waals surface area contributed by atoms with Crippen LogP contribution in [-0.2, 0) is 16.1 Å². The van der Waals surface area contributed by atoms with Gasteiger partial charge >= 0.3 is 0 Å². The maximum absolute atomic E-state index is 11.9. The van der Waals surface area contributed by atoms with Crippen molar-refractivity contribution in [3.05, 3.63) is 41.4 Å². The average molecular weight is 364 g/mol. The van der Waals surface area contributed by atoms with Crippen LogP contribution in [0.4, 0.5) is 5.82 Å². The molecule has 3 aromatic rings. The fourth-order valence-electron chi connectivity index (χ4n) is 2.53. The highest BCUT2D eigenvalue weighted by Gasteiger charge is 2.14. The predicted octanol–water partition coefficient (Wildman–Crippen LogP) is 3.78. The zero-order valence-electron chi connectivity index (χ0n) is 13.7. The van der Waals surface area contributed by atoms with Crippen LogP contribution in [0, 0.1) is 0 Å². The number of pyridine rings is 1. The van der Waals surface area contributed by atoms with Crippen LogP contribution in [0.1, 0.15) is 19.0 Å². The topological polar surface area (TPSA) is 73.0 Å². The zero-order chi connectivity index (χ0) is 17.3. The van der Waals surface area contributed by atoms with Crippen molar-refractivity contribution in [3.63, 3.8) is 0 Å². The van der Waals surface area contributed by atoms with Crippen LogP contribution in [0.5, 0.6) is 0 Å². The first-order valence-electron chi connectivity index (χ1n) is 7.55. The lowest BCUT2D eigenvalue weighted by Gasteiger charge is -2.09. The van der Waals surface area contributed by atoms with Crippen LogP contribution in [0.2, 0.25) is 5.28 Å². The van der Waals surface area contributed by atoms with Gasteiger partial charge in [0.05, 0.1) is 0 Å². The van der Waals surface area contributed by atoms with Crippen molar-refractivity contribution in [2.75, 3.05) is 12.5 Å². The second-order valence-electron chi connectivity index (χ2n) is 5.77. The molecule has 3 aromatic heterocycles. The number of hydrogen-bond donors (Lipinski definition) is 0. The summed E-state index contributed by atoms with van der Waals surface area (Å²) in [6, 6.07) is 7.50. The summed E-state index contributed by atoms with van der Waals surface area (Å²) in [7, 11) is -2.28.